The van der Waals surface area contributed by atoms with E-state index in [0.717, 1.165) is 36.5 Å². The first-order valence-electron chi connectivity index (χ1n) is 6.93. The molecule has 6 heteroatoms. The van der Waals surface area contributed by atoms with Gasteiger partial charge in [-0.05, 0) is 48.0 Å². The zero-order valence-corrected chi connectivity index (χ0v) is 13.3. The molecule has 2 heterocycles. The summed E-state index contributed by atoms with van der Waals surface area (Å²) in [6.07, 6.45) is 1.58. The van der Waals surface area contributed by atoms with Gasteiger partial charge in [0.1, 0.15) is 5.76 Å². The molecule has 1 aromatic rings. The van der Waals surface area contributed by atoms with E-state index in [2.05, 4.69) is 15.9 Å². The van der Waals surface area contributed by atoms with Crippen molar-refractivity contribution in [3.8, 4) is 0 Å². The summed E-state index contributed by atoms with van der Waals surface area (Å²) in [5, 5.41) is 10.00. The van der Waals surface area contributed by atoms with Gasteiger partial charge in [-0.2, -0.15) is 0 Å². The average Bonchev–Trinajstić information content (AvgIpc) is 2.83. The van der Waals surface area contributed by atoms with Crippen molar-refractivity contribution in [1.29, 1.82) is 0 Å². The third kappa shape index (κ3) is 5.54. The summed E-state index contributed by atoms with van der Waals surface area (Å²) in [5.41, 5.74) is 0. The lowest BCUT2D eigenvalue weighted by Gasteiger charge is -2.25. The number of nitrogens with zero attached hydrogens (tertiary/aromatic N) is 1. The second-order valence-corrected chi connectivity index (χ2v) is 5.98. The molecule has 1 fully saturated rings. The number of aliphatic hydroxyl groups is 1. The van der Waals surface area contributed by atoms with E-state index in [4.69, 9.17) is 13.9 Å². The highest BCUT2D eigenvalue weighted by Crippen LogP contribution is 2.15. The Morgan fingerprint density at radius 2 is 2.20 bits per heavy atom. The molecule has 5 nitrogen and oxygen atoms in total. The highest BCUT2D eigenvalue weighted by atomic mass is 79.9. The molecule has 114 valence electrons. The molecule has 1 atom stereocenters. The van der Waals surface area contributed by atoms with Gasteiger partial charge in [0, 0.05) is 19.8 Å². The van der Waals surface area contributed by atoms with Crippen LogP contribution in [0.1, 0.15) is 18.6 Å². The van der Waals surface area contributed by atoms with Crippen LogP contribution in [-0.2, 0) is 16.0 Å². The lowest BCUT2D eigenvalue weighted by Crippen LogP contribution is -2.34. The van der Waals surface area contributed by atoms with Crippen molar-refractivity contribution in [3.63, 3.8) is 0 Å². The number of rotatable bonds is 7. The van der Waals surface area contributed by atoms with Crippen LogP contribution in [0.25, 0.3) is 0 Å². The predicted molar refractivity (Wildman–Crippen MR) is 78.5 cm³/mol. The van der Waals surface area contributed by atoms with Gasteiger partial charge in [-0.3, -0.25) is 4.90 Å². The quantitative estimate of drug-likeness (QED) is 0.817. The minimum atomic E-state index is -0.485. The maximum Gasteiger partial charge on any atom is 0.169 e. The predicted octanol–water partition coefficient (Wildman–Crippen LogP) is 2.03. The van der Waals surface area contributed by atoms with Crippen LogP contribution in [0.2, 0.25) is 0 Å². The van der Waals surface area contributed by atoms with Gasteiger partial charge in [0.15, 0.2) is 4.67 Å². The first-order valence-corrected chi connectivity index (χ1v) is 7.73. The highest BCUT2D eigenvalue weighted by molar-refractivity contribution is 9.10. The molecule has 0 radical (unpaired) electrons. The van der Waals surface area contributed by atoms with Crippen molar-refractivity contribution in [2.45, 2.75) is 31.6 Å². The fourth-order valence-electron chi connectivity index (χ4n) is 2.27. The van der Waals surface area contributed by atoms with Gasteiger partial charge < -0.3 is 19.0 Å². The maximum atomic E-state index is 10.00. The van der Waals surface area contributed by atoms with E-state index in [1.807, 2.05) is 24.1 Å². The van der Waals surface area contributed by atoms with Crippen molar-refractivity contribution in [1.82, 2.24) is 4.90 Å². The normalized spacial score (nSPS) is 18.6. The average molecular weight is 348 g/mol. The number of furan rings is 1. The molecular weight excluding hydrogens is 326 g/mol. The van der Waals surface area contributed by atoms with Crippen molar-refractivity contribution < 1.29 is 19.0 Å². The van der Waals surface area contributed by atoms with Crippen LogP contribution in [0, 0.1) is 0 Å². The van der Waals surface area contributed by atoms with E-state index < -0.39 is 6.10 Å². The van der Waals surface area contributed by atoms with E-state index in [9.17, 15) is 5.11 Å². The summed E-state index contributed by atoms with van der Waals surface area (Å²) in [6.45, 7) is 3.11. The van der Waals surface area contributed by atoms with Gasteiger partial charge in [0.25, 0.3) is 0 Å². The van der Waals surface area contributed by atoms with Crippen molar-refractivity contribution in [2.75, 3.05) is 33.4 Å². The smallest absolute Gasteiger partial charge is 0.169 e. The highest BCUT2D eigenvalue weighted by Gasteiger charge is 2.17. The number of likely N-dealkylation sites (N-methyl/N-ethyl adjacent to an activating group) is 1. The molecule has 0 amide bonds. The van der Waals surface area contributed by atoms with E-state index >= 15 is 0 Å². The molecule has 0 spiro atoms. The standard InChI is InChI=1S/C14H22BrNO4/c1-16(9-13-2-3-14(15)20-13)8-11(17)10-19-12-4-6-18-7-5-12/h2-3,11-12,17H,4-10H2,1H3. The van der Waals surface area contributed by atoms with Crippen LogP contribution in [-0.4, -0.2) is 55.6 Å². The summed E-state index contributed by atoms with van der Waals surface area (Å²) in [7, 11) is 1.95. The number of halogens is 1. The fourth-order valence-corrected chi connectivity index (χ4v) is 2.61. The van der Waals surface area contributed by atoms with Crippen LogP contribution >= 0.6 is 15.9 Å². The van der Waals surface area contributed by atoms with E-state index in [1.165, 1.54) is 0 Å². The van der Waals surface area contributed by atoms with Gasteiger partial charge in [0.2, 0.25) is 0 Å². The molecule has 1 N–H and O–H groups in total. The summed E-state index contributed by atoms with van der Waals surface area (Å²) in [4.78, 5) is 2.02. The van der Waals surface area contributed by atoms with Crippen LogP contribution in [0.15, 0.2) is 21.2 Å². The van der Waals surface area contributed by atoms with E-state index in [0.29, 0.717) is 19.7 Å². The lowest BCUT2D eigenvalue weighted by atomic mass is 10.1. The van der Waals surface area contributed by atoms with Crippen LogP contribution < -0.4 is 0 Å². The number of aliphatic hydroxyl groups excluding tert-OH is 1. The summed E-state index contributed by atoms with van der Waals surface area (Å²) in [6, 6.07) is 3.79. The monoisotopic (exact) mass is 347 g/mol. The zero-order chi connectivity index (χ0) is 14.4. The van der Waals surface area contributed by atoms with Gasteiger partial charge in [-0.25, -0.2) is 0 Å². The number of hydrogen-bond acceptors (Lipinski definition) is 5. The second-order valence-electron chi connectivity index (χ2n) is 5.20. The van der Waals surface area contributed by atoms with E-state index in [1.54, 1.807) is 0 Å². The maximum absolute atomic E-state index is 10.00. The van der Waals surface area contributed by atoms with Gasteiger partial charge in [-0.15, -0.1) is 0 Å². The Morgan fingerprint density at radius 1 is 1.45 bits per heavy atom. The lowest BCUT2D eigenvalue weighted by molar-refractivity contribution is -0.0635. The number of hydrogen-bond donors (Lipinski definition) is 1. The molecule has 1 aromatic heterocycles. The second kappa shape index (κ2) is 8.14. The minimum absolute atomic E-state index is 0.227. The van der Waals surface area contributed by atoms with Gasteiger partial charge in [0.05, 0.1) is 25.4 Å². The molecule has 2 rings (SSSR count). The SMILES string of the molecule is CN(Cc1ccc(Br)o1)CC(O)COC1CCOCC1. The molecule has 1 aliphatic heterocycles. The fraction of sp³-hybridized carbons (Fsp3) is 0.714. The van der Waals surface area contributed by atoms with Crippen LogP contribution in [0.3, 0.4) is 0 Å². The Hall–Kier alpha value is -0.400. The molecule has 20 heavy (non-hydrogen) atoms. The largest absolute Gasteiger partial charge is 0.453 e. The number of ether oxygens (including phenoxy) is 2. The molecule has 0 bridgehead atoms. The molecule has 0 aliphatic carbocycles. The first kappa shape index (κ1) is 16.0. The Bertz CT molecular complexity index is 392. The molecule has 0 aromatic carbocycles. The third-order valence-corrected chi connectivity index (χ3v) is 3.70. The third-order valence-electron chi connectivity index (χ3n) is 3.27. The zero-order valence-electron chi connectivity index (χ0n) is 11.8. The summed E-state index contributed by atoms with van der Waals surface area (Å²) < 4.78 is 17.2. The van der Waals surface area contributed by atoms with Crippen molar-refractivity contribution in [3.05, 3.63) is 22.6 Å². The molecule has 1 saturated heterocycles. The van der Waals surface area contributed by atoms with Crippen molar-refractivity contribution >= 4 is 15.9 Å². The van der Waals surface area contributed by atoms with Crippen LogP contribution in [0.4, 0.5) is 0 Å². The van der Waals surface area contributed by atoms with Gasteiger partial charge in [-0.1, -0.05) is 0 Å². The van der Waals surface area contributed by atoms with E-state index in [-0.39, 0.29) is 6.10 Å². The Kier molecular flexibility index (Phi) is 6.51. The molecular formula is C14H22BrNO4. The summed E-state index contributed by atoms with van der Waals surface area (Å²) in [5.74, 6) is 0.872. The Balaban J connectivity index is 1.64. The minimum Gasteiger partial charge on any atom is -0.453 e. The summed E-state index contributed by atoms with van der Waals surface area (Å²) >= 11 is 3.28. The molecule has 1 aliphatic rings. The van der Waals surface area contributed by atoms with Gasteiger partial charge >= 0.3 is 0 Å². The molecule has 0 saturated carbocycles. The Labute approximate surface area is 128 Å². The van der Waals surface area contributed by atoms with Crippen molar-refractivity contribution in [2.24, 2.45) is 0 Å². The van der Waals surface area contributed by atoms with Crippen LogP contribution in [0.5, 0.6) is 0 Å². The topological polar surface area (TPSA) is 55.1 Å². The Morgan fingerprint density at radius 3 is 2.85 bits per heavy atom. The first-order chi connectivity index (χ1) is 9.63. The molecule has 1 unspecified atom stereocenters.